The minimum absolute atomic E-state index is 0. The first-order chi connectivity index (χ1) is 9.72. The highest BCUT2D eigenvalue weighted by Gasteiger charge is 2.32. The van der Waals surface area contributed by atoms with E-state index < -0.39 is 0 Å². The van der Waals surface area contributed by atoms with E-state index in [1.54, 1.807) is 0 Å². The average Bonchev–Trinajstić information content (AvgIpc) is 2.81. The standard InChI is InChI=1S/C15H28N2O3.ClH/c1-3-19-8-9-20-12(2)15(18)17-6-4-13-10-16-11-14(13)5-7-17;/h12-14,16H,3-11H2,1-2H3;1H/t12?,13-,14+;. The van der Waals surface area contributed by atoms with Crippen LogP contribution in [0, 0.1) is 11.8 Å². The molecule has 3 atom stereocenters. The highest BCUT2D eigenvalue weighted by molar-refractivity contribution is 5.85. The van der Waals surface area contributed by atoms with Crippen LogP contribution in [-0.4, -0.2) is 62.9 Å². The van der Waals surface area contributed by atoms with Crippen LogP contribution >= 0.6 is 12.4 Å². The third-order valence-corrected chi connectivity index (χ3v) is 4.48. The molecule has 2 saturated heterocycles. The quantitative estimate of drug-likeness (QED) is 0.750. The van der Waals surface area contributed by atoms with Crippen LogP contribution in [0.25, 0.3) is 0 Å². The first kappa shape index (κ1) is 18.7. The van der Waals surface area contributed by atoms with Crippen LogP contribution in [0.2, 0.25) is 0 Å². The monoisotopic (exact) mass is 320 g/mol. The molecule has 0 aromatic carbocycles. The van der Waals surface area contributed by atoms with Gasteiger partial charge < -0.3 is 19.7 Å². The Kier molecular flexibility index (Phi) is 8.56. The van der Waals surface area contributed by atoms with Gasteiger partial charge in [0.1, 0.15) is 6.10 Å². The van der Waals surface area contributed by atoms with Crippen molar-refractivity contribution in [1.29, 1.82) is 0 Å². The van der Waals surface area contributed by atoms with Gasteiger partial charge >= 0.3 is 0 Å². The van der Waals surface area contributed by atoms with Gasteiger partial charge in [-0.05, 0) is 51.6 Å². The molecule has 1 N–H and O–H groups in total. The molecule has 2 rings (SSSR count). The molecule has 0 spiro atoms. The second kappa shape index (κ2) is 9.62. The number of hydrogen-bond acceptors (Lipinski definition) is 4. The second-order valence-corrected chi connectivity index (χ2v) is 5.79. The number of rotatable bonds is 6. The summed E-state index contributed by atoms with van der Waals surface area (Å²) < 4.78 is 10.8. The van der Waals surface area contributed by atoms with E-state index >= 15 is 0 Å². The number of likely N-dealkylation sites (tertiary alicyclic amines) is 1. The molecule has 1 amide bonds. The molecule has 1 unspecified atom stereocenters. The normalized spacial score (nSPS) is 26.7. The van der Waals surface area contributed by atoms with E-state index in [0.29, 0.717) is 19.8 Å². The number of nitrogens with zero attached hydrogens (tertiary/aromatic N) is 1. The van der Waals surface area contributed by atoms with Crippen molar-refractivity contribution in [2.75, 3.05) is 46.0 Å². The summed E-state index contributed by atoms with van der Waals surface area (Å²) >= 11 is 0. The lowest BCUT2D eigenvalue weighted by atomic mass is 9.92. The van der Waals surface area contributed by atoms with Gasteiger partial charge in [0.05, 0.1) is 13.2 Å². The van der Waals surface area contributed by atoms with E-state index in [2.05, 4.69) is 5.32 Å². The third-order valence-electron chi connectivity index (χ3n) is 4.48. The SMILES string of the molecule is CCOCCOC(C)C(=O)N1CC[C@@H]2CNC[C@@H]2CC1.Cl. The van der Waals surface area contributed by atoms with E-state index in [1.165, 1.54) is 0 Å². The van der Waals surface area contributed by atoms with Gasteiger partial charge in [-0.15, -0.1) is 12.4 Å². The minimum atomic E-state index is -0.355. The highest BCUT2D eigenvalue weighted by Crippen LogP contribution is 2.27. The fourth-order valence-corrected chi connectivity index (χ4v) is 3.20. The number of carbonyl (C=O) groups is 1. The molecule has 6 heteroatoms. The summed E-state index contributed by atoms with van der Waals surface area (Å²) in [7, 11) is 0. The number of ether oxygens (including phenoxy) is 2. The van der Waals surface area contributed by atoms with Gasteiger partial charge in [-0.25, -0.2) is 0 Å². The molecule has 21 heavy (non-hydrogen) atoms. The van der Waals surface area contributed by atoms with E-state index in [4.69, 9.17) is 9.47 Å². The number of fused-ring (bicyclic) bond motifs is 1. The largest absolute Gasteiger partial charge is 0.379 e. The Balaban J connectivity index is 0.00000220. The van der Waals surface area contributed by atoms with Gasteiger partial charge in [-0.2, -0.15) is 0 Å². The summed E-state index contributed by atoms with van der Waals surface area (Å²) in [5, 5.41) is 3.46. The summed E-state index contributed by atoms with van der Waals surface area (Å²) in [6, 6.07) is 0. The molecule has 2 fully saturated rings. The van der Waals surface area contributed by atoms with Crippen LogP contribution in [0.3, 0.4) is 0 Å². The summed E-state index contributed by atoms with van der Waals surface area (Å²) in [6.45, 7) is 9.53. The number of halogens is 1. The Hall–Kier alpha value is -0.360. The number of carbonyl (C=O) groups excluding carboxylic acids is 1. The molecule has 2 aliphatic rings. The van der Waals surface area contributed by atoms with Crippen LogP contribution in [0.4, 0.5) is 0 Å². The molecule has 0 aromatic heterocycles. The van der Waals surface area contributed by atoms with Crippen LogP contribution < -0.4 is 5.32 Å². The maximum absolute atomic E-state index is 12.4. The molecular weight excluding hydrogens is 292 g/mol. The maximum atomic E-state index is 12.4. The Morgan fingerprint density at radius 1 is 1.24 bits per heavy atom. The van der Waals surface area contributed by atoms with Crippen molar-refractivity contribution in [3.63, 3.8) is 0 Å². The van der Waals surface area contributed by atoms with Crippen molar-refractivity contribution in [2.24, 2.45) is 11.8 Å². The molecular formula is C15H29ClN2O3. The summed E-state index contributed by atoms with van der Waals surface area (Å²) in [5.74, 6) is 1.64. The molecule has 0 saturated carbocycles. The molecule has 2 heterocycles. The number of hydrogen-bond donors (Lipinski definition) is 1. The van der Waals surface area contributed by atoms with Gasteiger partial charge in [0.15, 0.2) is 0 Å². The maximum Gasteiger partial charge on any atom is 0.251 e. The van der Waals surface area contributed by atoms with Gasteiger partial charge in [0.25, 0.3) is 5.91 Å². The molecule has 0 radical (unpaired) electrons. The lowest BCUT2D eigenvalue weighted by Gasteiger charge is -2.24. The van der Waals surface area contributed by atoms with Crippen molar-refractivity contribution in [3.8, 4) is 0 Å². The van der Waals surface area contributed by atoms with Crippen LogP contribution in [0.1, 0.15) is 26.7 Å². The summed E-state index contributed by atoms with van der Waals surface area (Å²) in [6.07, 6.45) is 1.89. The Bertz CT molecular complexity index is 303. The smallest absolute Gasteiger partial charge is 0.251 e. The minimum Gasteiger partial charge on any atom is -0.379 e. The van der Waals surface area contributed by atoms with Crippen LogP contribution in [0.15, 0.2) is 0 Å². The van der Waals surface area contributed by atoms with E-state index in [0.717, 1.165) is 50.9 Å². The summed E-state index contributed by atoms with van der Waals surface area (Å²) in [4.78, 5) is 14.4. The number of nitrogens with one attached hydrogen (secondary N) is 1. The van der Waals surface area contributed by atoms with Gasteiger partial charge in [-0.3, -0.25) is 4.79 Å². The van der Waals surface area contributed by atoms with Crippen molar-refractivity contribution >= 4 is 18.3 Å². The van der Waals surface area contributed by atoms with E-state index in [9.17, 15) is 4.79 Å². The first-order valence-electron chi connectivity index (χ1n) is 7.91. The van der Waals surface area contributed by atoms with Crippen molar-refractivity contribution in [1.82, 2.24) is 10.2 Å². The third kappa shape index (κ3) is 5.40. The molecule has 2 aliphatic heterocycles. The molecule has 124 valence electrons. The van der Waals surface area contributed by atoms with Crippen molar-refractivity contribution < 1.29 is 14.3 Å². The second-order valence-electron chi connectivity index (χ2n) is 5.79. The zero-order valence-electron chi connectivity index (χ0n) is 13.2. The first-order valence-corrected chi connectivity index (χ1v) is 7.91. The fraction of sp³-hybridized carbons (Fsp3) is 0.933. The molecule has 0 aliphatic carbocycles. The lowest BCUT2D eigenvalue weighted by Crippen LogP contribution is -2.40. The van der Waals surface area contributed by atoms with E-state index in [-0.39, 0.29) is 24.4 Å². The van der Waals surface area contributed by atoms with E-state index in [1.807, 2.05) is 18.7 Å². The van der Waals surface area contributed by atoms with Gasteiger partial charge in [0.2, 0.25) is 0 Å². The van der Waals surface area contributed by atoms with Crippen LogP contribution in [0.5, 0.6) is 0 Å². The van der Waals surface area contributed by atoms with Gasteiger partial charge in [0, 0.05) is 19.7 Å². The topological polar surface area (TPSA) is 50.8 Å². The zero-order valence-corrected chi connectivity index (χ0v) is 14.0. The Morgan fingerprint density at radius 3 is 2.43 bits per heavy atom. The Labute approximate surface area is 134 Å². The predicted octanol–water partition coefficient (Wildman–Crippen LogP) is 1.31. The highest BCUT2D eigenvalue weighted by atomic mass is 35.5. The van der Waals surface area contributed by atoms with Crippen molar-refractivity contribution in [2.45, 2.75) is 32.8 Å². The average molecular weight is 321 g/mol. The van der Waals surface area contributed by atoms with Gasteiger partial charge in [-0.1, -0.05) is 0 Å². The molecule has 0 aromatic rings. The van der Waals surface area contributed by atoms with Crippen molar-refractivity contribution in [3.05, 3.63) is 0 Å². The van der Waals surface area contributed by atoms with Crippen LogP contribution in [-0.2, 0) is 14.3 Å². The predicted molar refractivity (Wildman–Crippen MR) is 84.8 cm³/mol. The number of amides is 1. The Morgan fingerprint density at radius 2 is 1.86 bits per heavy atom. The lowest BCUT2D eigenvalue weighted by molar-refractivity contribution is -0.143. The fourth-order valence-electron chi connectivity index (χ4n) is 3.20. The molecule has 5 nitrogen and oxygen atoms in total. The zero-order chi connectivity index (χ0) is 14.4. The summed E-state index contributed by atoms with van der Waals surface area (Å²) in [5.41, 5.74) is 0. The molecule has 0 bridgehead atoms.